The highest BCUT2D eigenvalue weighted by Gasteiger charge is 2.22. The number of imidazole rings is 1. The van der Waals surface area contributed by atoms with E-state index < -0.39 is 0 Å². The maximum absolute atomic E-state index is 11.5. The van der Waals surface area contributed by atoms with Gasteiger partial charge in [0.05, 0.1) is 12.7 Å². The van der Waals surface area contributed by atoms with Crippen LogP contribution in [0.1, 0.15) is 18.4 Å². The zero-order chi connectivity index (χ0) is 19.3. The van der Waals surface area contributed by atoms with E-state index >= 15 is 0 Å². The second-order valence-electron chi connectivity index (χ2n) is 6.84. The van der Waals surface area contributed by atoms with Crippen LogP contribution in [0.5, 0.6) is 11.5 Å². The molecule has 3 aromatic rings. The van der Waals surface area contributed by atoms with Crippen molar-refractivity contribution in [1.29, 1.82) is 0 Å². The second kappa shape index (κ2) is 8.17. The lowest BCUT2D eigenvalue weighted by Crippen LogP contribution is -2.29. The third-order valence-electron chi connectivity index (χ3n) is 4.88. The molecule has 0 saturated carbocycles. The van der Waals surface area contributed by atoms with Gasteiger partial charge >= 0.3 is 0 Å². The molecular formula is C22H23N3O3. The van der Waals surface area contributed by atoms with E-state index in [4.69, 9.17) is 9.47 Å². The van der Waals surface area contributed by atoms with Gasteiger partial charge in [-0.2, -0.15) is 0 Å². The first-order valence-electron chi connectivity index (χ1n) is 9.38. The Bertz CT molecular complexity index is 953. The average molecular weight is 377 g/mol. The number of hydrogen-bond acceptors (Lipinski definition) is 4. The summed E-state index contributed by atoms with van der Waals surface area (Å²) in [6.07, 6.45) is 5.13. The minimum Gasteiger partial charge on any atom is -0.496 e. The third-order valence-corrected chi connectivity index (χ3v) is 4.88. The summed E-state index contributed by atoms with van der Waals surface area (Å²) in [5.74, 6) is 2.37. The van der Waals surface area contributed by atoms with Crippen LogP contribution in [-0.2, 0) is 17.9 Å². The SMILES string of the molecule is COc1cc(OCc2ccccc2)ccc1-c1nccn1CC1CCC(=O)N1. The van der Waals surface area contributed by atoms with Crippen LogP contribution < -0.4 is 14.8 Å². The predicted molar refractivity (Wildman–Crippen MR) is 106 cm³/mol. The van der Waals surface area contributed by atoms with Crippen LogP contribution in [0.3, 0.4) is 0 Å². The predicted octanol–water partition coefficient (Wildman–Crippen LogP) is 3.42. The summed E-state index contributed by atoms with van der Waals surface area (Å²) in [5, 5.41) is 3.00. The van der Waals surface area contributed by atoms with Crippen molar-refractivity contribution in [2.45, 2.75) is 32.0 Å². The molecular weight excluding hydrogens is 354 g/mol. The van der Waals surface area contributed by atoms with Gasteiger partial charge in [-0.3, -0.25) is 4.79 Å². The molecule has 0 radical (unpaired) electrons. The van der Waals surface area contributed by atoms with Gasteiger partial charge < -0.3 is 19.4 Å². The highest BCUT2D eigenvalue weighted by molar-refractivity contribution is 5.78. The Hall–Kier alpha value is -3.28. The van der Waals surface area contributed by atoms with Crippen molar-refractivity contribution in [3.63, 3.8) is 0 Å². The van der Waals surface area contributed by atoms with Gasteiger partial charge in [0.25, 0.3) is 0 Å². The summed E-state index contributed by atoms with van der Waals surface area (Å²) in [5.41, 5.74) is 2.00. The molecule has 6 heteroatoms. The first kappa shape index (κ1) is 18.1. The molecule has 28 heavy (non-hydrogen) atoms. The van der Waals surface area contributed by atoms with E-state index in [1.807, 2.05) is 54.7 Å². The topological polar surface area (TPSA) is 65.4 Å². The number of carbonyl (C=O) groups excluding carboxylic acids is 1. The van der Waals surface area contributed by atoms with E-state index in [0.29, 0.717) is 25.3 Å². The van der Waals surface area contributed by atoms with Crippen LogP contribution in [0.2, 0.25) is 0 Å². The molecule has 1 unspecified atom stereocenters. The summed E-state index contributed by atoms with van der Waals surface area (Å²) in [7, 11) is 1.64. The number of nitrogens with one attached hydrogen (secondary N) is 1. The molecule has 2 heterocycles. The number of amides is 1. The number of rotatable bonds is 7. The number of nitrogens with zero attached hydrogens (tertiary/aromatic N) is 2. The second-order valence-corrected chi connectivity index (χ2v) is 6.84. The monoisotopic (exact) mass is 377 g/mol. The van der Waals surface area contributed by atoms with Crippen LogP contribution in [-0.4, -0.2) is 28.6 Å². The maximum Gasteiger partial charge on any atom is 0.220 e. The first-order valence-corrected chi connectivity index (χ1v) is 9.38. The zero-order valence-electron chi connectivity index (χ0n) is 15.8. The molecule has 0 aliphatic carbocycles. The average Bonchev–Trinajstić information content (AvgIpc) is 3.36. The molecule has 1 aromatic heterocycles. The Morgan fingerprint density at radius 1 is 1.21 bits per heavy atom. The van der Waals surface area contributed by atoms with Gasteiger partial charge in [-0.05, 0) is 24.1 Å². The van der Waals surface area contributed by atoms with Gasteiger partial charge in [0.1, 0.15) is 23.9 Å². The van der Waals surface area contributed by atoms with Crippen molar-refractivity contribution >= 4 is 5.91 Å². The Morgan fingerprint density at radius 3 is 2.82 bits per heavy atom. The molecule has 1 aliphatic heterocycles. The van der Waals surface area contributed by atoms with Gasteiger partial charge in [-0.15, -0.1) is 0 Å². The summed E-state index contributed by atoms with van der Waals surface area (Å²) < 4.78 is 13.6. The van der Waals surface area contributed by atoms with Crippen molar-refractivity contribution < 1.29 is 14.3 Å². The lowest BCUT2D eigenvalue weighted by molar-refractivity contribution is -0.119. The summed E-state index contributed by atoms with van der Waals surface area (Å²) in [4.78, 5) is 16.0. The third kappa shape index (κ3) is 4.01. The van der Waals surface area contributed by atoms with Gasteiger partial charge in [-0.1, -0.05) is 30.3 Å². The zero-order valence-corrected chi connectivity index (χ0v) is 15.8. The fraction of sp³-hybridized carbons (Fsp3) is 0.273. The van der Waals surface area contributed by atoms with E-state index in [9.17, 15) is 4.79 Å². The highest BCUT2D eigenvalue weighted by Crippen LogP contribution is 2.33. The Labute approximate surface area is 164 Å². The standard InChI is InChI=1S/C22H23N3O3/c1-27-20-13-18(28-15-16-5-3-2-4-6-16)8-9-19(20)22-23-11-12-25(22)14-17-7-10-21(26)24-17/h2-6,8-9,11-13,17H,7,10,14-15H2,1H3,(H,24,26). The van der Waals surface area contributed by atoms with Crippen LogP contribution in [0.15, 0.2) is 60.9 Å². The Morgan fingerprint density at radius 2 is 2.07 bits per heavy atom. The molecule has 1 aliphatic rings. The summed E-state index contributed by atoms with van der Waals surface area (Å²) in [6, 6.07) is 16.0. The number of hydrogen-bond donors (Lipinski definition) is 1. The fourth-order valence-corrected chi connectivity index (χ4v) is 3.44. The molecule has 0 bridgehead atoms. The lowest BCUT2D eigenvalue weighted by atomic mass is 10.1. The van der Waals surface area contributed by atoms with Gasteiger partial charge in [0.15, 0.2) is 0 Å². The van der Waals surface area contributed by atoms with E-state index in [1.54, 1.807) is 13.3 Å². The minimum atomic E-state index is 0.115. The molecule has 2 aromatic carbocycles. The molecule has 1 fully saturated rings. The fourth-order valence-electron chi connectivity index (χ4n) is 3.44. The van der Waals surface area contributed by atoms with Crippen LogP contribution >= 0.6 is 0 Å². The van der Waals surface area contributed by atoms with Crippen molar-refractivity contribution in [3.05, 3.63) is 66.5 Å². The molecule has 1 saturated heterocycles. The van der Waals surface area contributed by atoms with Crippen molar-refractivity contribution in [2.75, 3.05) is 7.11 Å². The molecule has 1 amide bonds. The smallest absolute Gasteiger partial charge is 0.220 e. The van der Waals surface area contributed by atoms with Gasteiger partial charge in [0.2, 0.25) is 5.91 Å². The largest absolute Gasteiger partial charge is 0.496 e. The Kier molecular flexibility index (Phi) is 5.28. The maximum atomic E-state index is 11.5. The number of carbonyl (C=O) groups is 1. The van der Waals surface area contributed by atoms with E-state index in [0.717, 1.165) is 29.1 Å². The van der Waals surface area contributed by atoms with Gasteiger partial charge in [-0.25, -0.2) is 4.98 Å². The van der Waals surface area contributed by atoms with Crippen molar-refractivity contribution in [3.8, 4) is 22.9 Å². The van der Waals surface area contributed by atoms with E-state index in [-0.39, 0.29) is 11.9 Å². The van der Waals surface area contributed by atoms with E-state index in [2.05, 4.69) is 14.9 Å². The highest BCUT2D eigenvalue weighted by atomic mass is 16.5. The van der Waals surface area contributed by atoms with E-state index in [1.165, 1.54) is 0 Å². The molecule has 144 valence electrons. The number of ether oxygens (including phenoxy) is 2. The molecule has 1 atom stereocenters. The van der Waals surface area contributed by atoms with Crippen LogP contribution in [0.4, 0.5) is 0 Å². The quantitative estimate of drug-likeness (QED) is 0.685. The first-order chi connectivity index (χ1) is 13.7. The molecule has 4 rings (SSSR count). The van der Waals surface area contributed by atoms with Crippen molar-refractivity contribution in [2.24, 2.45) is 0 Å². The molecule has 1 N–H and O–H groups in total. The number of methoxy groups -OCH3 is 1. The number of aromatic nitrogens is 2. The normalized spacial score (nSPS) is 16.0. The van der Waals surface area contributed by atoms with Gasteiger partial charge in [0, 0.05) is 37.5 Å². The summed E-state index contributed by atoms with van der Waals surface area (Å²) >= 11 is 0. The van der Waals surface area contributed by atoms with Crippen LogP contribution in [0, 0.1) is 0 Å². The number of benzene rings is 2. The lowest BCUT2D eigenvalue weighted by Gasteiger charge is -2.16. The summed E-state index contributed by atoms with van der Waals surface area (Å²) in [6.45, 7) is 1.19. The van der Waals surface area contributed by atoms with Crippen LogP contribution in [0.25, 0.3) is 11.4 Å². The Balaban J connectivity index is 1.52. The molecule has 6 nitrogen and oxygen atoms in total. The van der Waals surface area contributed by atoms with Crippen molar-refractivity contribution in [1.82, 2.24) is 14.9 Å². The minimum absolute atomic E-state index is 0.115. The molecule has 0 spiro atoms.